The minimum absolute atomic E-state index is 0.0234. The summed E-state index contributed by atoms with van der Waals surface area (Å²) in [5.41, 5.74) is -0.601. The van der Waals surface area contributed by atoms with E-state index in [1.165, 1.54) is 11.3 Å². The fraction of sp³-hybridized carbons (Fsp3) is 0.435. The number of ether oxygens (including phenoxy) is 1. The number of rotatable bonds is 7. The summed E-state index contributed by atoms with van der Waals surface area (Å²) >= 11 is 1.40. The van der Waals surface area contributed by atoms with Crippen LogP contribution in [0.15, 0.2) is 47.8 Å². The second-order valence-electron chi connectivity index (χ2n) is 8.21. The van der Waals surface area contributed by atoms with E-state index in [-0.39, 0.29) is 30.1 Å². The zero-order valence-electron chi connectivity index (χ0n) is 17.8. The molecule has 1 aromatic carbocycles. The first-order chi connectivity index (χ1) is 14.2. The van der Waals surface area contributed by atoms with E-state index in [1.807, 2.05) is 37.4 Å². The van der Waals surface area contributed by atoms with Gasteiger partial charge < -0.3 is 10.1 Å². The van der Waals surface area contributed by atoms with Crippen LogP contribution in [0.5, 0.6) is 0 Å². The molecule has 0 spiro atoms. The number of hydrogen-bond acceptors (Lipinski definition) is 5. The average molecular weight is 429 g/mol. The Balaban J connectivity index is 1.98. The van der Waals surface area contributed by atoms with Crippen molar-refractivity contribution in [1.29, 1.82) is 0 Å². The number of Topliss-reactive ketones (excluding diaryl/α,β-unsaturated/α-hetero) is 1. The molecule has 0 radical (unpaired) electrons. The van der Waals surface area contributed by atoms with E-state index >= 15 is 0 Å². The van der Waals surface area contributed by atoms with E-state index in [0.29, 0.717) is 17.0 Å². The second kappa shape index (κ2) is 9.10. The zero-order valence-corrected chi connectivity index (χ0v) is 18.6. The van der Waals surface area contributed by atoms with Gasteiger partial charge in [-0.15, -0.1) is 11.3 Å². The summed E-state index contributed by atoms with van der Waals surface area (Å²) in [7, 11) is 0. The predicted octanol–water partition coefficient (Wildman–Crippen LogP) is 3.67. The molecule has 0 aliphatic carbocycles. The second-order valence-corrected chi connectivity index (χ2v) is 9.13. The molecule has 1 aliphatic heterocycles. The van der Waals surface area contributed by atoms with Crippen LogP contribution in [-0.4, -0.2) is 41.9 Å². The summed E-state index contributed by atoms with van der Waals surface area (Å²) in [5.74, 6) is -0.600. The van der Waals surface area contributed by atoms with Crippen LogP contribution in [0.25, 0.3) is 0 Å². The van der Waals surface area contributed by atoms with Gasteiger partial charge >= 0.3 is 0 Å². The molecule has 1 aliphatic rings. The van der Waals surface area contributed by atoms with E-state index in [0.717, 1.165) is 0 Å². The summed E-state index contributed by atoms with van der Waals surface area (Å²) < 4.78 is 5.45. The van der Waals surface area contributed by atoms with Gasteiger partial charge in [0, 0.05) is 5.56 Å². The van der Waals surface area contributed by atoms with E-state index in [1.54, 1.807) is 43.0 Å². The van der Waals surface area contributed by atoms with Crippen molar-refractivity contribution >= 4 is 33.9 Å². The van der Waals surface area contributed by atoms with Crippen LogP contribution in [0.2, 0.25) is 0 Å². The van der Waals surface area contributed by atoms with E-state index in [4.69, 9.17) is 4.74 Å². The van der Waals surface area contributed by atoms with Gasteiger partial charge in [0.15, 0.2) is 5.78 Å². The number of nitrogens with one attached hydrogen (secondary N) is 1. The van der Waals surface area contributed by atoms with Crippen LogP contribution >= 0.6 is 11.3 Å². The lowest BCUT2D eigenvalue weighted by Gasteiger charge is -2.35. The summed E-state index contributed by atoms with van der Waals surface area (Å²) in [6, 6.07) is 11.9. The first-order valence-corrected chi connectivity index (χ1v) is 11.0. The third kappa shape index (κ3) is 4.47. The predicted molar refractivity (Wildman–Crippen MR) is 118 cm³/mol. The molecular formula is C23H28N2O4S. The largest absolute Gasteiger partial charge is 0.368 e. The standard InChI is InChI=1S/C23H28N2O4S/c1-15(2)13-18(21(27)24-23(4)16(3)29-14-19(23)26)25(20-11-8-12-30-20)22(28)17-9-6-5-7-10-17/h5-12,15-16,18H,13-14H2,1-4H3,(H,24,27)/t16-,18?,23-/m1/s1. The number of anilines is 1. The number of carbonyl (C=O) groups is 3. The van der Waals surface area contributed by atoms with Crippen LogP contribution in [0, 0.1) is 5.92 Å². The van der Waals surface area contributed by atoms with E-state index in [2.05, 4.69) is 5.32 Å². The Morgan fingerprint density at radius 2 is 1.93 bits per heavy atom. The van der Waals surface area contributed by atoms with E-state index in [9.17, 15) is 14.4 Å². The Morgan fingerprint density at radius 1 is 1.23 bits per heavy atom. The molecular weight excluding hydrogens is 400 g/mol. The number of hydrogen-bond donors (Lipinski definition) is 1. The molecule has 6 nitrogen and oxygen atoms in total. The maximum atomic E-state index is 13.5. The van der Waals surface area contributed by atoms with Gasteiger partial charge in [-0.25, -0.2) is 0 Å². The molecule has 7 heteroatoms. The van der Waals surface area contributed by atoms with Crippen molar-refractivity contribution < 1.29 is 19.1 Å². The molecule has 2 aromatic rings. The minimum atomic E-state index is -1.11. The number of carbonyl (C=O) groups excluding carboxylic acids is 3. The lowest BCUT2D eigenvalue weighted by Crippen LogP contribution is -2.61. The third-order valence-corrected chi connectivity index (χ3v) is 6.40. The summed E-state index contributed by atoms with van der Waals surface area (Å²) in [6.07, 6.45) is 0.0237. The lowest BCUT2D eigenvalue weighted by molar-refractivity contribution is -0.130. The van der Waals surface area contributed by atoms with Crippen molar-refractivity contribution in [2.24, 2.45) is 5.92 Å². The molecule has 0 saturated carbocycles. The minimum Gasteiger partial charge on any atom is -0.368 e. The number of amides is 2. The maximum Gasteiger partial charge on any atom is 0.259 e. The molecule has 1 unspecified atom stereocenters. The summed E-state index contributed by atoms with van der Waals surface area (Å²) in [5, 5.41) is 5.48. The molecule has 2 amide bonds. The molecule has 1 N–H and O–H groups in total. The van der Waals surface area contributed by atoms with Gasteiger partial charge in [0.2, 0.25) is 5.91 Å². The highest BCUT2D eigenvalue weighted by molar-refractivity contribution is 7.14. The molecule has 3 atom stereocenters. The van der Waals surface area contributed by atoms with Gasteiger partial charge in [-0.05, 0) is 55.8 Å². The highest BCUT2D eigenvalue weighted by atomic mass is 32.1. The van der Waals surface area contributed by atoms with Gasteiger partial charge in [0.1, 0.15) is 18.2 Å². The first-order valence-electron chi connectivity index (χ1n) is 10.1. The average Bonchev–Trinajstić information content (AvgIpc) is 3.33. The highest BCUT2D eigenvalue weighted by Gasteiger charge is 2.47. The van der Waals surface area contributed by atoms with Gasteiger partial charge in [0.05, 0.1) is 11.1 Å². The van der Waals surface area contributed by atoms with Gasteiger partial charge in [-0.1, -0.05) is 32.0 Å². The van der Waals surface area contributed by atoms with Gasteiger partial charge in [0.25, 0.3) is 5.91 Å². The molecule has 1 saturated heterocycles. The smallest absolute Gasteiger partial charge is 0.259 e. The molecule has 3 rings (SSSR count). The number of nitrogens with zero attached hydrogens (tertiary/aromatic N) is 1. The van der Waals surface area contributed by atoms with Gasteiger partial charge in [-0.2, -0.15) is 0 Å². The van der Waals surface area contributed by atoms with Crippen molar-refractivity contribution in [3.63, 3.8) is 0 Å². The van der Waals surface area contributed by atoms with Crippen LogP contribution in [0.3, 0.4) is 0 Å². The van der Waals surface area contributed by atoms with Crippen LogP contribution in [-0.2, 0) is 14.3 Å². The highest BCUT2D eigenvalue weighted by Crippen LogP contribution is 2.29. The third-order valence-electron chi connectivity index (χ3n) is 5.53. The fourth-order valence-corrected chi connectivity index (χ4v) is 4.33. The van der Waals surface area contributed by atoms with E-state index < -0.39 is 17.7 Å². The van der Waals surface area contributed by atoms with Crippen molar-refractivity contribution in [3.05, 3.63) is 53.4 Å². The van der Waals surface area contributed by atoms with Crippen molar-refractivity contribution in [3.8, 4) is 0 Å². The Hall–Kier alpha value is -2.51. The fourth-order valence-electron chi connectivity index (χ4n) is 3.55. The quantitative estimate of drug-likeness (QED) is 0.730. The topological polar surface area (TPSA) is 75.7 Å². The normalized spacial score (nSPS) is 22.2. The number of ketones is 1. The van der Waals surface area contributed by atoms with Crippen molar-refractivity contribution in [2.75, 3.05) is 11.5 Å². The molecule has 30 heavy (non-hydrogen) atoms. The summed E-state index contributed by atoms with van der Waals surface area (Å²) in [4.78, 5) is 41.0. The van der Waals surface area contributed by atoms with Crippen molar-refractivity contribution in [1.82, 2.24) is 5.32 Å². The summed E-state index contributed by atoms with van der Waals surface area (Å²) in [6.45, 7) is 7.45. The Kier molecular flexibility index (Phi) is 6.73. The number of thiophene rings is 1. The molecule has 0 bridgehead atoms. The first kappa shape index (κ1) is 22.2. The van der Waals surface area contributed by atoms with Gasteiger partial charge in [-0.3, -0.25) is 19.3 Å². The lowest BCUT2D eigenvalue weighted by atomic mass is 9.92. The Labute approximate surface area is 181 Å². The Morgan fingerprint density at radius 3 is 2.47 bits per heavy atom. The molecule has 1 fully saturated rings. The zero-order chi connectivity index (χ0) is 21.9. The van der Waals surface area contributed by atoms with Crippen LogP contribution in [0.4, 0.5) is 5.00 Å². The number of benzene rings is 1. The molecule has 1 aromatic heterocycles. The van der Waals surface area contributed by atoms with Crippen LogP contribution in [0.1, 0.15) is 44.5 Å². The maximum absolute atomic E-state index is 13.5. The Bertz CT molecular complexity index is 897. The monoisotopic (exact) mass is 428 g/mol. The SMILES string of the molecule is CC(C)CC(C(=O)N[C@@]1(C)C(=O)CO[C@@H]1C)N(C(=O)c1ccccc1)c1cccs1. The van der Waals surface area contributed by atoms with Crippen molar-refractivity contribution in [2.45, 2.75) is 51.8 Å². The molecule has 2 heterocycles. The molecule has 160 valence electrons. The van der Waals surface area contributed by atoms with Crippen LogP contribution < -0.4 is 10.2 Å².